The molecule has 5 heteroatoms. The molecule has 1 aromatic heterocycles. The molecule has 1 amide bonds. The summed E-state index contributed by atoms with van der Waals surface area (Å²) in [6.07, 6.45) is 9.58. The summed E-state index contributed by atoms with van der Waals surface area (Å²) in [4.78, 5) is 25.4. The molecule has 0 radical (unpaired) electrons. The number of nitrogen functional groups attached to an aromatic ring is 1. The number of hydrogen-bond donors (Lipinski definition) is 2. The van der Waals surface area contributed by atoms with Crippen molar-refractivity contribution in [2.75, 3.05) is 5.73 Å². The maximum Gasteiger partial charge on any atom is 0.256 e. The second-order valence-corrected chi connectivity index (χ2v) is 6.74. The second kappa shape index (κ2) is 7.07. The molecule has 0 spiro atoms. The van der Waals surface area contributed by atoms with Gasteiger partial charge in [0.2, 0.25) is 5.43 Å². The smallest absolute Gasteiger partial charge is 0.256 e. The number of carbonyl (C=O) groups excluding carboxylic acids is 1. The molecule has 5 nitrogen and oxygen atoms in total. The van der Waals surface area contributed by atoms with E-state index in [4.69, 9.17) is 5.73 Å². The number of nitrogens with zero attached hydrogens (tertiary/aromatic N) is 1. The molecule has 1 fully saturated rings. The Morgan fingerprint density at radius 3 is 2.54 bits per heavy atom. The Labute approximate surface area is 141 Å². The zero-order valence-electron chi connectivity index (χ0n) is 14.2. The van der Waals surface area contributed by atoms with Crippen LogP contribution in [0, 0.1) is 0 Å². The van der Waals surface area contributed by atoms with E-state index in [1.54, 1.807) is 16.8 Å². The van der Waals surface area contributed by atoms with Crippen LogP contribution in [0.25, 0.3) is 10.9 Å². The summed E-state index contributed by atoms with van der Waals surface area (Å²) in [5, 5.41) is 3.48. The quantitative estimate of drug-likeness (QED) is 0.833. The standard InChI is InChI=1S/C19H25N3O2/c1-22-12-14(18(23)17-15(20)10-7-11-16(17)22)19(24)21-13-8-5-3-2-4-6-9-13/h7,10-13H,2-6,8-9,20H2,1H3,(H,21,24). The molecule has 24 heavy (non-hydrogen) atoms. The number of fused-ring (bicyclic) bond motifs is 1. The summed E-state index contributed by atoms with van der Waals surface area (Å²) in [6.45, 7) is 0. The van der Waals surface area contributed by atoms with Crippen LogP contribution < -0.4 is 16.5 Å². The summed E-state index contributed by atoms with van der Waals surface area (Å²) in [6, 6.07) is 5.50. The van der Waals surface area contributed by atoms with Crippen molar-refractivity contribution in [2.24, 2.45) is 7.05 Å². The first-order chi connectivity index (χ1) is 11.6. The van der Waals surface area contributed by atoms with E-state index in [0.717, 1.165) is 31.2 Å². The minimum atomic E-state index is -0.287. The molecule has 1 aliphatic carbocycles. The number of carbonyl (C=O) groups is 1. The Bertz CT molecular complexity index is 802. The molecule has 2 aromatic rings. The van der Waals surface area contributed by atoms with Crippen molar-refractivity contribution in [3.63, 3.8) is 0 Å². The first-order valence-corrected chi connectivity index (χ1v) is 8.76. The maximum absolute atomic E-state index is 12.8. The number of nitrogens with two attached hydrogens (primary N) is 1. The average Bonchev–Trinajstić information content (AvgIpc) is 2.53. The van der Waals surface area contributed by atoms with Crippen LogP contribution in [0.2, 0.25) is 0 Å². The topological polar surface area (TPSA) is 77.1 Å². The predicted molar refractivity (Wildman–Crippen MR) is 97.2 cm³/mol. The average molecular weight is 327 g/mol. The lowest BCUT2D eigenvalue weighted by Gasteiger charge is -2.21. The summed E-state index contributed by atoms with van der Waals surface area (Å²) < 4.78 is 1.79. The van der Waals surface area contributed by atoms with Gasteiger partial charge in [-0.15, -0.1) is 0 Å². The third-order valence-electron chi connectivity index (χ3n) is 4.93. The summed E-state index contributed by atoms with van der Waals surface area (Å²) in [5.74, 6) is -0.286. The number of aromatic nitrogens is 1. The molecule has 3 rings (SSSR count). The van der Waals surface area contributed by atoms with Crippen LogP contribution in [0.3, 0.4) is 0 Å². The van der Waals surface area contributed by atoms with Crippen molar-refractivity contribution < 1.29 is 4.79 Å². The van der Waals surface area contributed by atoms with Gasteiger partial charge in [-0.25, -0.2) is 0 Å². The fraction of sp³-hybridized carbons (Fsp3) is 0.474. The number of pyridine rings is 1. The minimum Gasteiger partial charge on any atom is -0.398 e. The van der Waals surface area contributed by atoms with Crippen molar-refractivity contribution >= 4 is 22.5 Å². The summed E-state index contributed by atoms with van der Waals surface area (Å²) >= 11 is 0. The number of anilines is 1. The van der Waals surface area contributed by atoms with Crippen LogP contribution >= 0.6 is 0 Å². The highest BCUT2D eigenvalue weighted by molar-refractivity contribution is 6.00. The monoisotopic (exact) mass is 327 g/mol. The van der Waals surface area contributed by atoms with Crippen LogP contribution in [-0.2, 0) is 7.05 Å². The number of amides is 1. The molecular weight excluding hydrogens is 302 g/mol. The van der Waals surface area contributed by atoms with Gasteiger partial charge in [0, 0.05) is 25.0 Å². The second-order valence-electron chi connectivity index (χ2n) is 6.74. The summed E-state index contributed by atoms with van der Waals surface area (Å²) in [7, 11) is 1.83. The number of nitrogens with one attached hydrogen (secondary N) is 1. The van der Waals surface area contributed by atoms with Crippen molar-refractivity contribution in [3.8, 4) is 0 Å². The Morgan fingerprint density at radius 1 is 1.17 bits per heavy atom. The highest BCUT2D eigenvalue weighted by atomic mass is 16.2. The Morgan fingerprint density at radius 2 is 1.83 bits per heavy atom. The first-order valence-electron chi connectivity index (χ1n) is 8.76. The molecule has 3 N–H and O–H groups in total. The fourth-order valence-corrected chi connectivity index (χ4v) is 3.58. The van der Waals surface area contributed by atoms with E-state index in [1.807, 2.05) is 19.2 Å². The minimum absolute atomic E-state index is 0.159. The Hall–Kier alpha value is -2.30. The molecule has 128 valence electrons. The van der Waals surface area contributed by atoms with Gasteiger partial charge in [0.05, 0.1) is 10.9 Å². The van der Waals surface area contributed by atoms with E-state index >= 15 is 0 Å². The van der Waals surface area contributed by atoms with Crippen LogP contribution in [0.4, 0.5) is 5.69 Å². The highest BCUT2D eigenvalue weighted by Gasteiger charge is 2.19. The van der Waals surface area contributed by atoms with Crippen molar-refractivity contribution in [1.29, 1.82) is 0 Å². The van der Waals surface area contributed by atoms with Gasteiger partial charge in [-0.05, 0) is 25.0 Å². The van der Waals surface area contributed by atoms with Gasteiger partial charge in [0.1, 0.15) is 5.56 Å². The molecule has 0 atom stereocenters. The summed E-state index contributed by atoms with van der Waals surface area (Å²) in [5.41, 5.74) is 7.01. The third kappa shape index (κ3) is 3.30. The lowest BCUT2D eigenvalue weighted by atomic mass is 9.96. The van der Waals surface area contributed by atoms with E-state index in [9.17, 15) is 9.59 Å². The third-order valence-corrected chi connectivity index (χ3v) is 4.93. The zero-order valence-corrected chi connectivity index (χ0v) is 14.2. The molecule has 1 saturated carbocycles. The van der Waals surface area contributed by atoms with Gasteiger partial charge in [-0.1, -0.05) is 38.2 Å². The number of aryl methyl sites for hydroxylation is 1. The van der Waals surface area contributed by atoms with Crippen molar-refractivity contribution in [2.45, 2.75) is 51.0 Å². The van der Waals surface area contributed by atoms with Crippen LogP contribution in [0.15, 0.2) is 29.2 Å². The van der Waals surface area contributed by atoms with Gasteiger partial charge >= 0.3 is 0 Å². The lowest BCUT2D eigenvalue weighted by molar-refractivity contribution is 0.0929. The van der Waals surface area contributed by atoms with Crippen LogP contribution in [0.5, 0.6) is 0 Å². The SMILES string of the molecule is Cn1cc(C(=O)NC2CCCCCCC2)c(=O)c2c(N)cccc21. The van der Waals surface area contributed by atoms with Crippen LogP contribution in [-0.4, -0.2) is 16.5 Å². The number of rotatable bonds is 2. The van der Waals surface area contributed by atoms with Gasteiger partial charge in [-0.2, -0.15) is 0 Å². The molecule has 1 heterocycles. The lowest BCUT2D eigenvalue weighted by Crippen LogP contribution is -2.38. The Balaban J connectivity index is 1.91. The maximum atomic E-state index is 12.8. The van der Waals surface area contributed by atoms with Gasteiger partial charge < -0.3 is 15.6 Å². The van der Waals surface area contributed by atoms with Gasteiger partial charge in [0.25, 0.3) is 5.91 Å². The van der Waals surface area contributed by atoms with E-state index in [-0.39, 0.29) is 22.9 Å². The molecule has 0 saturated heterocycles. The largest absolute Gasteiger partial charge is 0.398 e. The molecule has 0 bridgehead atoms. The van der Waals surface area contributed by atoms with E-state index in [2.05, 4.69) is 5.32 Å². The molecule has 1 aliphatic rings. The van der Waals surface area contributed by atoms with Crippen molar-refractivity contribution in [3.05, 3.63) is 40.2 Å². The van der Waals surface area contributed by atoms with E-state index in [1.165, 1.54) is 19.3 Å². The predicted octanol–water partition coefficient (Wildman–Crippen LogP) is 2.96. The van der Waals surface area contributed by atoms with E-state index < -0.39 is 0 Å². The van der Waals surface area contributed by atoms with Gasteiger partial charge in [0.15, 0.2) is 0 Å². The number of benzene rings is 1. The zero-order chi connectivity index (χ0) is 17.1. The van der Waals surface area contributed by atoms with Crippen LogP contribution in [0.1, 0.15) is 55.3 Å². The molecule has 0 aliphatic heterocycles. The van der Waals surface area contributed by atoms with E-state index in [0.29, 0.717) is 11.1 Å². The normalized spacial score (nSPS) is 16.5. The van der Waals surface area contributed by atoms with Crippen molar-refractivity contribution in [1.82, 2.24) is 9.88 Å². The Kier molecular flexibility index (Phi) is 4.88. The molecule has 0 unspecified atom stereocenters. The highest BCUT2D eigenvalue weighted by Crippen LogP contribution is 2.19. The first kappa shape index (κ1) is 16.6. The molecule has 1 aromatic carbocycles. The number of hydrogen-bond acceptors (Lipinski definition) is 3. The molecular formula is C19H25N3O2. The fourth-order valence-electron chi connectivity index (χ4n) is 3.58. The van der Waals surface area contributed by atoms with Gasteiger partial charge in [-0.3, -0.25) is 9.59 Å².